The van der Waals surface area contributed by atoms with Gasteiger partial charge in [-0.05, 0) is 59.3 Å². The topological polar surface area (TPSA) is 141 Å². The number of aromatic nitrogens is 1. The molecule has 0 fully saturated rings. The Kier molecular flexibility index (Phi) is 8.11. The molecule has 0 radical (unpaired) electrons. The predicted octanol–water partition coefficient (Wildman–Crippen LogP) is 2.23. The van der Waals surface area contributed by atoms with Gasteiger partial charge in [0, 0.05) is 24.5 Å². The van der Waals surface area contributed by atoms with Crippen molar-refractivity contribution in [1.82, 2.24) is 10.0 Å². The van der Waals surface area contributed by atoms with Crippen LogP contribution < -0.4 is 16.4 Å². The highest BCUT2D eigenvalue weighted by molar-refractivity contribution is 7.81. The molecule has 178 valence electrons. The van der Waals surface area contributed by atoms with E-state index in [0.717, 1.165) is 11.1 Å². The Morgan fingerprint density at radius 3 is 2.32 bits per heavy atom. The Balaban J connectivity index is 1.66. The summed E-state index contributed by atoms with van der Waals surface area (Å²) in [7, 11) is 0. The molecule has 0 aliphatic heterocycles. The lowest BCUT2D eigenvalue weighted by molar-refractivity contribution is -0.131. The fraction of sp³-hybridized carbons (Fsp3) is 0.208. The zero-order valence-corrected chi connectivity index (χ0v) is 19.2. The summed E-state index contributed by atoms with van der Waals surface area (Å²) < 4.78 is 22.3. The maximum absolute atomic E-state index is 12.5. The molecule has 0 saturated heterocycles. The van der Waals surface area contributed by atoms with E-state index in [9.17, 15) is 23.1 Å². The predicted molar refractivity (Wildman–Crippen MR) is 127 cm³/mol. The average molecular weight is 483 g/mol. The molecule has 0 spiro atoms. The maximum Gasteiger partial charge on any atom is 0.260 e. The van der Waals surface area contributed by atoms with E-state index in [1.54, 1.807) is 30.3 Å². The van der Waals surface area contributed by atoms with Crippen molar-refractivity contribution in [3.8, 4) is 11.1 Å². The third-order valence-electron chi connectivity index (χ3n) is 5.49. The number of amides is 2. The average Bonchev–Trinajstić information content (AvgIpc) is 2.83. The number of carbonyl (C=O) groups excluding carboxylic acids is 2. The minimum Gasteiger partial charge on any atom is -0.772 e. The van der Waals surface area contributed by atoms with Crippen molar-refractivity contribution in [2.75, 3.05) is 5.32 Å². The number of aryl methyl sites for hydroxylation is 1. The van der Waals surface area contributed by atoms with Gasteiger partial charge >= 0.3 is 0 Å². The lowest BCUT2D eigenvalue weighted by Gasteiger charge is -2.29. The van der Waals surface area contributed by atoms with Gasteiger partial charge in [-0.2, -0.15) is 0 Å². The Bertz CT molecular complexity index is 1240. The number of hydrogen-bond donors (Lipinski definition) is 3. The summed E-state index contributed by atoms with van der Waals surface area (Å²) in [6.45, 7) is 1.13. The minimum atomic E-state index is -2.80. The molecule has 3 rings (SSSR count). The Labute approximate surface area is 198 Å². The van der Waals surface area contributed by atoms with Crippen LogP contribution in [-0.4, -0.2) is 35.1 Å². The smallest absolute Gasteiger partial charge is 0.260 e. The van der Waals surface area contributed by atoms with Crippen molar-refractivity contribution in [3.05, 3.63) is 88.8 Å². The molecule has 34 heavy (non-hydrogen) atoms. The number of nitrogens with zero attached hydrogens (tertiary/aromatic N) is 1. The molecule has 0 saturated carbocycles. The van der Waals surface area contributed by atoms with Crippen LogP contribution in [0, 0.1) is 0 Å². The molecule has 0 aliphatic rings. The quantitative estimate of drug-likeness (QED) is 0.243. The zero-order chi connectivity index (χ0) is 24.7. The van der Waals surface area contributed by atoms with Gasteiger partial charge in [-0.25, -0.2) is 5.48 Å². The summed E-state index contributed by atoms with van der Waals surface area (Å²) in [5, 5.41) is 11.6. The van der Waals surface area contributed by atoms with E-state index in [2.05, 4.69) is 5.32 Å². The molecule has 10 heteroatoms. The van der Waals surface area contributed by atoms with Crippen LogP contribution in [-0.2, 0) is 33.6 Å². The van der Waals surface area contributed by atoms with Gasteiger partial charge in [0.25, 0.3) is 11.5 Å². The summed E-state index contributed by atoms with van der Waals surface area (Å²) >= 11 is -2.80. The number of hydrogen-bond acceptors (Lipinski definition) is 6. The van der Waals surface area contributed by atoms with Crippen molar-refractivity contribution in [1.29, 1.82) is 0 Å². The molecule has 3 aromatic rings. The SMILES string of the molecule is CC(CCn1ccc(-c2ccc(NC(=O)Cc3ccccc3)cc2)cc1=O)(C(=O)NO)S(=O)[O-]. The second-order valence-electron chi connectivity index (χ2n) is 7.89. The molecule has 1 aromatic heterocycles. The molecular weight excluding hydrogens is 458 g/mol. The number of carbonyl (C=O) groups is 2. The summed E-state index contributed by atoms with van der Waals surface area (Å²) in [6, 6.07) is 19.5. The van der Waals surface area contributed by atoms with E-state index in [0.29, 0.717) is 11.3 Å². The molecule has 3 N–H and O–H groups in total. The normalized spacial score (nSPS) is 13.5. The summed E-state index contributed by atoms with van der Waals surface area (Å²) in [6.07, 6.45) is 1.57. The van der Waals surface area contributed by atoms with E-state index in [-0.39, 0.29) is 30.9 Å². The third kappa shape index (κ3) is 6.04. The summed E-state index contributed by atoms with van der Waals surface area (Å²) in [5.41, 5.74) is 3.92. The fourth-order valence-corrected chi connectivity index (χ4v) is 3.78. The lowest BCUT2D eigenvalue weighted by atomic mass is 10.1. The highest BCUT2D eigenvalue weighted by atomic mass is 32.2. The molecule has 2 unspecified atom stereocenters. The maximum atomic E-state index is 12.5. The van der Waals surface area contributed by atoms with Crippen molar-refractivity contribution in [2.45, 2.75) is 31.1 Å². The van der Waals surface area contributed by atoms with Crippen LogP contribution in [0.15, 0.2) is 77.7 Å². The molecule has 0 bridgehead atoms. The summed E-state index contributed by atoms with van der Waals surface area (Å²) in [5.74, 6) is -1.20. The van der Waals surface area contributed by atoms with E-state index >= 15 is 0 Å². The van der Waals surface area contributed by atoms with Gasteiger partial charge in [-0.1, -0.05) is 42.5 Å². The van der Waals surface area contributed by atoms with Crippen LogP contribution in [0.2, 0.25) is 0 Å². The standard InChI is InChI=1S/C24H25N3O6S/c1-24(34(32)33,23(30)26-31)12-14-27-13-11-19(16-22(27)29)18-7-9-20(10-8-18)25-21(28)15-17-5-3-2-4-6-17/h2-11,13,16,31H,12,14-15H2,1H3,(H,25,28)(H,26,30)(H,32,33)/p-1. The van der Waals surface area contributed by atoms with Gasteiger partial charge in [0.2, 0.25) is 5.91 Å². The fourth-order valence-electron chi connectivity index (χ4n) is 3.33. The van der Waals surface area contributed by atoms with Crippen LogP contribution in [0.25, 0.3) is 11.1 Å². The van der Waals surface area contributed by atoms with E-state index in [1.807, 2.05) is 30.3 Å². The van der Waals surface area contributed by atoms with Crippen LogP contribution in [0.5, 0.6) is 0 Å². The van der Waals surface area contributed by atoms with Crippen molar-refractivity contribution in [2.24, 2.45) is 0 Å². The molecule has 2 amide bonds. The van der Waals surface area contributed by atoms with Crippen LogP contribution in [0.1, 0.15) is 18.9 Å². The van der Waals surface area contributed by atoms with Gasteiger partial charge in [0.1, 0.15) is 4.75 Å². The van der Waals surface area contributed by atoms with Crippen molar-refractivity contribution >= 4 is 28.6 Å². The van der Waals surface area contributed by atoms with Crippen LogP contribution >= 0.6 is 0 Å². The zero-order valence-electron chi connectivity index (χ0n) is 18.4. The van der Waals surface area contributed by atoms with E-state index in [1.165, 1.54) is 29.2 Å². The largest absolute Gasteiger partial charge is 0.772 e. The first kappa shape index (κ1) is 25.0. The molecule has 0 aliphatic carbocycles. The number of hydroxylamine groups is 1. The Hall–Kier alpha value is -3.60. The van der Waals surface area contributed by atoms with E-state index < -0.39 is 21.7 Å². The van der Waals surface area contributed by atoms with Crippen LogP contribution in [0.3, 0.4) is 0 Å². The third-order valence-corrected chi connectivity index (χ3v) is 6.61. The van der Waals surface area contributed by atoms with Gasteiger partial charge in [-0.15, -0.1) is 0 Å². The minimum absolute atomic E-state index is 0.0383. The number of benzene rings is 2. The van der Waals surface area contributed by atoms with Crippen molar-refractivity contribution in [3.63, 3.8) is 0 Å². The van der Waals surface area contributed by atoms with Gasteiger partial charge < -0.3 is 14.4 Å². The first-order chi connectivity index (χ1) is 16.2. The number of rotatable bonds is 9. The Morgan fingerprint density at radius 2 is 1.74 bits per heavy atom. The highest BCUT2D eigenvalue weighted by Crippen LogP contribution is 2.22. The first-order valence-corrected chi connectivity index (χ1v) is 11.5. The number of pyridine rings is 1. The monoisotopic (exact) mass is 482 g/mol. The van der Waals surface area contributed by atoms with Crippen molar-refractivity contribution < 1.29 is 23.6 Å². The number of nitrogens with one attached hydrogen (secondary N) is 2. The molecule has 1 heterocycles. The second-order valence-corrected chi connectivity index (χ2v) is 9.26. The second kappa shape index (κ2) is 11.0. The first-order valence-electron chi connectivity index (χ1n) is 10.4. The van der Waals surface area contributed by atoms with Gasteiger partial charge in [0.15, 0.2) is 0 Å². The molecule has 9 nitrogen and oxygen atoms in total. The van der Waals surface area contributed by atoms with Crippen LogP contribution in [0.4, 0.5) is 5.69 Å². The summed E-state index contributed by atoms with van der Waals surface area (Å²) in [4.78, 5) is 36.5. The molecular formula is C24H24N3O6S-. The highest BCUT2D eigenvalue weighted by Gasteiger charge is 2.34. The molecule has 2 atom stereocenters. The van der Waals surface area contributed by atoms with E-state index in [4.69, 9.17) is 5.21 Å². The number of anilines is 1. The van der Waals surface area contributed by atoms with Gasteiger partial charge in [-0.3, -0.25) is 23.8 Å². The molecule has 2 aromatic carbocycles. The van der Waals surface area contributed by atoms with Gasteiger partial charge in [0.05, 0.1) is 6.42 Å². The Morgan fingerprint density at radius 1 is 1.06 bits per heavy atom. The lowest BCUT2D eigenvalue weighted by Crippen LogP contribution is -2.47.